The van der Waals surface area contributed by atoms with Gasteiger partial charge in [-0.1, -0.05) is 0 Å². The lowest BCUT2D eigenvalue weighted by Gasteiger charge is -2.38. The van der Waals surface area contributed by atoms with Crippen LogP contribution < -0.4 is 5.73 Å². The van der Waals surface area contributed by atoms with Crippen LogP contribution in [0.2, 0.25) is 0 Å². The minimum absolute atomic E-state index is 0.266. The average molecular weight is 294 g/mol. The zero-order chi connectivity index (χ0) is 15.2. The number of ether oxygens (including phenoxy) is 1. The van der Waals surface area contributed by atoms with Gasteiger partial charge >= 0.3 is 0 Å². The Hall–Kier alpha value is -1.77. The molecule has 2 fully saturated rings. The first kappa shape index (κ1) is 12.9. The van der Waals surface area contributed by atoms with Crippen molar-refractivity contribution in [3.05, 3.63) is 24.2 Å². The molecule has 1 aliphatic carbocycles. The first-order valence-electron chi connectivity index (χ1n) is 6.61. The quantitative estimate of drug-likeness (QED) is 0.670. The van der Waals surface area contributed by atoms with E-state index in [4.69, 9.17) is 10.5 Å². The number of alkyl halides is 1. The normalized spacial score (nSPS) is 45.0. The summed E-state index contributed by atoms with van der Waals surface area (Å²) in [4.78, 5) is 3.88. The van der Waals surface area contributed by atoms with Crippen molar-refractivity contribution in [2.45, 2.75) is 42.9 Å². The fourth-order valence-corrected chi connectivity index (χ4v) is 3.39. The third kappa shape index (κ3) is 1.16. The zero-order valence-corrected chi connectivity index (χ0v) is 11.5. The molecule has 4 N–H and O–H groups in total. The second kappa shape index (κ2) is 3.34. The molecule has 1 unspecified atom stereocenters. The van der Waals surface area contributed by atoms with Crippen LogP contribution in [-0.4, -0.2) is 48.3 Å². The van der Waals surface area contributed by atoms with Crippen LogP contribution in [-0.2, 0) is 10.3 Å². The molecule has 1 saturated carbocycles. The number of nitrogens with zero attached hydrogens (tertiary/aromatic N) is 3. The van der Waals surface area contributed by atoms with Crippen LogP contribution >= 0.6 is 0 Å². The van der Waals surface area contributed by atoms with Gasteiger partial charge in [0.05, 0.1) is 5.69 Å². The van der Waals surface area contributed by atoms with Gasteiger partial charge in [0.1, 0.15) is 29.7 Å². The average Bonchev–Trinajstić information content (AvgIpc) is 2.80. The zero-order valence-electron chi connectivity index (χ0n) is 11.5. The number of aromatic nitrogens is 3. The summed E-state index contributed by atoms with van der Waals surface area (Å²) in [6.45, 7) is 2.76. The Kier molecular flexibility index (Phi) is 2.06. The van der Waals surface area contributed by atoms with E-state index in [2.05, 4.69) is 10.1 Å². The number of nitrogens with two attached hydrogens (primary N) is 1. The third-order valence-electron chi connectivity index (χ3n) is 5.04. The smallest absolute Gasteiger partial charge is 0.176 e. The molecule has 0 radical (unpaired) electrons. The molecule has 5 atom stereocenters. The highest BCUT2D eigenvalue weighted by atomic mass is 19.1. The molecular formula is C13H15FN4O3. The maximum absolute atomic E-state index is 15.3. The number of aliphatic hydroxyl groups excluding tert-OH is 1. The molecule has 2 aromatic heterocycles. The van der Waals surface area contributed by atoms with Gasteiger partial charge in [-0.15, -0.1) is 0 Å². The van der Waals surface area contributed by atoms with Crippen molar-refractivity contribution in [3.8, 4) is 0 Å². The van der Waals surface area contributed by atoms with Crippen molar-refractivity contribution in [2.75, 3.05) is 5.73 Å². The summed E-state index contributed by atoms with van der Waals surface area (Å²) in [5, 5.41) is 24.0. The Morgan fingerprint density at radius 2 is 2.14 bits per heavy atom. The fraction of sp³-hybridized carbons (Fsp3) is 0.538. The molecule has 8 heteroatoms. The van der Waals surface area contributed by atoms with Gasteiger partial charge in [0.15, 0.2) is 17.1 Å². The molecule has 112 valence electrons. The van der Waals surface area contributed by atoms with Crippen LogP contribution in [0.25, 0.3) is 5.52 Å². The van der Waals surface area contributed by atoms with Crippen LogP contribution in [0, 0.1) is 0 Å². The molecule has 1 aliphatic heterocycles. The first-order chi connectivity index (χ1) is 9.75. The molecule has 4 rings (SSSR count). The Labute approximate surface area is 119 Å². The van der Waals surface area contributed by atoms with E-state index in [0.29, 0.717) is 11.2 Å². The van der Waals surface area contributed by atoms with Gasteiger partial charge in [0.25, 0.3) is 0 Å². The molecular weight excluding hydrogens is 279 g/mol. The summed E-state index contributed by atoms with van der Waals surface area (Å²) in [5.74, 6) is 0.266. The maximum Gasteiger partial charge on any atom is 0.176 e. The third-order valence-corrected chi connectivity index (χ3v) is 5.04. The molecule has 0 bridgehead atoms. The van der Waals surface area contributed by atoms with Crippen molar-refractivity contribution < 1.29 is 19.3 Å². The van der Waals surface area contributed by atoms with Crippen molar-refractivity contribution in [1.82, 2.24) is 14.6 Å². The van der Waals surface area contributed by atoms with Crippen molar-refractivity contribution in [1.29, 1.82) is 0 Å². The van der Waals surface area contributed by atoms with E-state index in [1.54, 1.807) is 12.1 Å². The minimum Gasteiger partial charge on any atom is -0.387 e. The number of halogens is 1. The topological polar surface area (TPSA) is 106 Å². The molecule has 0 amide bonds. The van der Waals surface area contributed by atoms with E-state index in [9.17, 15) is 10.2 Å². The van der Waals surface area contributed by atoms with Gasteiger partial charge in [0, 0.05) is 0 Å². The van der Waals surface area contributed by atoms with Gasteiger partial charge in [-0.2, -0.15) is 5.10 Å². The van der Waals surface area contributed by atoms with Gasteiger partial charge in [0.2, 0.25) is 0 Å². The fourth-order valence-electron chi connectivity index (χ4n) is 3.39. The second-order valence-corrected chi connectivity index (χ2v) is 6.01. The van der Waals surface area contributed by atoms with Crippen LogP contribution in [0.15, 0.2) is 18.5 Å². The van der Waals surface area contributed by atoms with E-state index in [1.807, 2.05) is 0 Å². The lowest BCUT2D eigenvalue weighted by Crippen LogP contribution is -2.53. The van der Waals surface area contributed by atoms with Crippen LogP contribution in [0.1, 0.15) is 19.5 Å². The Morgan fingerprint density at radius 1 is 1.43 bits per heavy atom. The first-order valence-corrected chi connectivity index (χ1v) is 6.61. The molecule has 0 spiro atoms. The predicted octanol–water partition coefficient (Wildman–Crippen LogP) is -0.241. The van der Waals surface area contributed by atoms with Gasteiger partial charge in [-0.3, -0.25) is 0 Å². The SMILES string of the molecule is C[C@]1(F)[C@](C)(c2ccc3c(N)ncnn23)O[C@@H]2C(O)[C@@]21O. The van der Waals surface area contributed by atoms with E-state index in [0.717, 1.165) is 0 Å². The van der Waals surface area contributed by atoms with E-state index in [1.165, 1.54) is 24.7 Å². The second-order valence-electron chi connectivity index (χ2n) is 6.01. The Balaban J connectivity index is 1.92. The van der Waals surface area contributed by atoms with Gasteiger partial charge < -0.3 is 20.7 Å². The van der Waals surface area contributed by atoms with Crippen LogP contribution in [0.5, 0.6) is 0 Å². The summed E-state index contributed by atoms with van der Waals surface area (Å²) >= 11 is 0. The molecule has 3 heterocycles. The number of hydrogen-bond donors (Lipinski definition) is 3. The highest BCUT2D eigenvalue weighted by molar-refractivity contribution is 5.66. The number of hydrogen-bond acceptors (Lipinski definition) is 6. The number of rotatable bonds is 1. The van der Waals surface area contributed by atoms with Crippen LogP contribution in [0.3, 0.4) is 0 Å². The van der Waals surface area contributed by atoms with Gasteiger partial charge in [-0.05, 0) is 26.0 Å². The molecule has 7 nitrogen and oxygen atoms in total. The van der Waals surface area contributed by atoms with E-state index >= 15 is 4.39 Å². The molecule has 0 aromatic carbocycles. The van der Waals surface area contributed by atoms with Crippen LogP contribution in [0.4, 0.5) is 10.2 Å². The number of anilines is 1. The maximum atomic E-state index is 15.3. The predicted molar refractivity (Wildman–Crippen MR) is 70.1 cm³/mol. The van der Waals surface area contributed by atoms with Crippen molar-refractivity contribution in [2.24, 2.45) is 0 Å². The Morgan fingerprint density at radius 3 is 2.76 bits per heavy atom. The Bertz CT molecular complexity index is 763. The highest BCUT2D eigenvalue weighted by Crippen LogP contribution is 2.65. The summed E-state index contributed by atoms with van der Waals surface area (Å²) in [6.07, 6.45) is -0.891. The monoisotopic (exact) mass is 294 g/mol. The van der Waals surface area contributed by atoms with Gasteiger partial charge in [-0.25, -0.2) is 13.9 Å². The van der Waals surface area contributed by atoms with E-state index in [-0.39, 0.29) is 5.82 Å². The number of nitrogen functional groups attached to an aromatic ring is 1. The molecule has 2 aromatic rings. The summed E-state index contributed by atoms with van der Waals surface area (Å²) in [5.41, 5.74) is 1.16. The molecule has 2 aliphatic rings. The number of fused-ring (bicyclic) bond motifs is 2. The summed E-state index contributed by atoms with van der Waals surface area (Å²) in [6, 6.07) is 3.30. The van der Waals surface area contributed by atoms with Crippen molar-refractivity contribution in [3.63, 3.8) is 0 Å². The lowest BCUT2D eigenvalue weighted by molar-refractivity contribution is -0.148. The minimum atomic E-state index is -2.18. The van der Waals surface area contributed by atoms with Crippen molar-refractivity contribution >= 4 is 11.3 Å². The molecule has 1 saturated heterocycles. The summed E-state index contributed by atoms with van der Waals surface area (Å²) in [7, 11) is 0. The highest BCUT2D eigenvalue weighted by Gasteiger charge is 2.86. The standard InChI is InChI=1S/C13H15FN4O3/c1-11(12(2,14)13(20)8(19)9(13)21-11)7-4-3-6-10(15)16-5-17-18(6)7/h3-5,8-9,19-20H,1-2H3,(H2,15,16,17)/t8?,9-,11+,12+,13-/m1/s1. The lowest BCUT2D eigenvalue weighted by atomic mass is 9.80. The largest absolute Gasteiger partial charge is 0.387 e. The molecule has 21 heavy (non-hydrogen) atoms. The number of aliphatic hydroxyl groups is 2. The van der Waals surface area contributed by atoms with E-state index < -0.39 is 29.1 Å². The summed E-state index contributed by atoms with van der Waals surface area (Å²) < 4.78 is 22.4.